The van der Waals surface area contributed by atoms with E-state index in [0.29, 0.717) is 41.9 Å². The predicted molar refractivity (Wildman–Crippen MR) is 98.2 cm³/mol. The number of fused-ring (bicyclic) bond motifs is 1. The minimum Gasteiger partial charge on any atom is -0.441 e. The second kappa shape index (κ2) is 7.76. The van der Waals surface area contributed by atoms with E-state index in [1.54, 1.807) is 18.2 Å². The fourth-order valence-electron chi connectivity index (χ4n) is 4.09. The van der Waals surface area contributed by atoms with Gasteiger partial charge in [-0.1, -0.05) is 12.1 Å². The molecule has 4 rings (SSSR count). The van der Waals surface area contributed by atoms with Crippen molar-refractivity contribution in [2.45, 2.75) is 31.7 Å². The van der Waals surface area contributed by atoms with Crippen LogP contribution in [-0.2, 0) is 11.2 Å². The van der Waals surface area contributed by atoms with E-state index in [-0.39, 0.29) is 30.2 Å². The molecule has 140 valence electrons. The van der Waals surface area contributed by atoms with Crippen molar-refractivity contribution in [2.24, 2.45) is 17.6 Å². The van der Waals surface area contributed by atoms with E-state index in [1.165, 1.54) is 12.3 Å². The molecule has 1 amide bonds. The molecule has 26 heavy (non-hydrogen) atoms. The minimum atomic E-state index is -0.346. The number of amides is 1. The Kier molecular flexibility index (Phi) is 5.63. The smallest absolute Gasteiger partial charge is 0.223 e. The van der Waals surface area contributed by atoms with Crippen LogP contribution in [0.1, 0.15) is 25.2 Å². The van der Waals surface area contributed by atoms with E-state index in [9.17, 15) is 9.18 Å². The Morgan fingerprint density at radius 3 is 2.88 bits per heavy atom. The predicted octanol–water partition coefficient (Wildman–Crippen LogP) is 3.03. The number of aryl methyl sites for hydroxylation is 1. The lowest BCUT2D eigenvalue weighted by Crippen LogP contribution is -2.33. The molecule has 7 heteroatoms. The number of halogens is 2. The summed E-state index contributed by atoms with van der Waals surface area (Å²) in [7, 11) is 0. The lowest BCUT2D eigenvalue weighted by molar-refractivity contribution is -0.130. The number of aromatic nitrogens is 1. The third kappa shape index (κ3) is 3.62. The van der Waals surface area contributed by atoms with E-state index < -0.39 is 0 Å². The van der Waals surface area contributed by atoms with Crippen molar-refractivity contribution in [3.8, 4) is 11.3 Å². The molecule has 1 aliphatic carbocycles. The zero-order chi connectivity index (χ0) is 17.4. The molecule has 2 fully saturated rings. The van der Waals surface area contributed by atoms with Crippen molar-refractivity contribution >= 4 is 18.3 Å². The normalized spacial score (nSPS) is 24.4. The first-order chi connectivity index (χ1) is 12.1. The topological polar surface area (TPSA) is 72.4 Å². The Hall–Kier alpha value is -1.92. The first kappa shape index (κ1) is 18.9. The fourth-order valence-corrected chi connectivity index (χ4v) is 4.09. The first-order valence-electron chi connectivity index (χ1n) is 8.85. The second-order valence-corrected chi connectivity index (χ2v) is 7.06. The summed E-state index contributed by atoms with van der Waals surface area (Å²) >= 11 is 0. The number of rotatable bonds is 4. The monoisotopic (exact) mass is 379 g/mol. The molecule has 5 nitrogen and oxygen atoms in total. The largest absolute Gasteiger partial charge is 0.441 e. The summed E-state index contributed by atoms with van der Waals surface area (Å²) in [6.45, 7) is 1.60. The van der Waals surface area contributed by atoms with Gasteiger partial charge in [0, 0.05) is 32.0 Å². The number of oxazole rings is 1. The Labute approximate surface area is 158 Å². The number of carbonyl (C=O) groups is 1. The van der Waals surface area contributed by atoms with Gasteiger partial charge in [0.25, 0.3) is 0 Å². The molecule has 0 spiro atoms. The van der Waals surface area contributed by atoms with Crippen LogP contribution in [0.15, 0.2) is 34.9 Å². The maximum atomic E-state index is 13.8. The summed E-state index contributed by atoms with van der Waals surface area (Å²) in [5.41, 5.74) is 6.51. The molecule has 2 N–H and O–H groups in total. The van der Waals surface area contributed by atoms with Crippen molar-refractivity contribution in [2.75, 3.05) is 13.1 Å². The zero-order valence-electron chi connectivity index (χ0n) is 14.4. The second-order valence-electron chi connectivity index (χ2n) is 7.06. The molecule has 0 bridgehead atoms. The molecule has 2 aromatic rings. The first-order valence-corrected chi connectivity index (χ1v) is 8.85. The number of nitrogens with two attached hydrogens (primary N) is 1. The van der Waals surface area contributed by atoms with Gasteiger partial charge >= 0.3 is 0 Å². The molecule has 1 aromatic carbocycles. The molecule has 1 saturated heterocycles. The number of nitrogens with zero attached hydrogens (tertiary/aromatic N) is 2. The molecule has 1 saturated carbocycles. The van der Waals surface area contributed by atoms with Gasteiger partial charge in [-0.2, -0.15) is 0 Å². The summed E-state index contributed by atoms with van der Waals surface area (Å²) in [5, 5.41) is 0. The summed E-state index contributed by atoms with van der Waals surface area (Å²) in [6.07, 6.45) is 4.49. The summed E-state index contributed by atoms with van der Waals surface area (Å²) in [6, 6.07) is 6.65. The van der Waals surface area contributed by atoms with Crippen LogP contribution >= 0.6 is 12.4 Å². The number of hydrogen-bond donors (Lipinski definition) is 1. The van der Waals surface area contributed by atoms with Gasteiger partial charge in [-0.05, 0) is 36.8 Å². The maximum Gasteiger partial charge on any atom is 0.223 e. The van der Waals surface area contributed by atoms with E-state index >= 15 is 0 Å². The Morgan fingerprint density at radius 2 is 2.12 bits per heavy atom. The number of likely N-dealkylation sites (tertiary alicyclic amines) is 1. The van der Waals surface area contributed by atoms with Crippen molar-refractivity contribution in [3.63, 3.8) is 0 Å². The molecule has 3 atom stereocenters. The van der Waals surface area contributed by atoms with E-state index in [4.69, 9.17) is 10.2 Å². The molecular formula is C19H23ClFN3O2. The van der Waals surface area contributed by atoms with Gasteiger partial charge in [0.15, 0.2) is 11.7 Å². The number of carbonyl (C=O) groups excluding carboxylic acids is 1. The highest BCUT2D eigenvalue weighted by Gasteiger charge is 2.42. The molecule has 2 heterocycles. The lowest BCUT2D eigenvalue weighted by Gasteiger charge is -2.18. The van der Waals surface area contributed by atoms with Crippen molar-refractivity contribution in [1.29, 1.82) is 0 Å². The summed E-state index contributed by atoms with van der Waals surface area (Å²) in [4.78, 5) is 18.5. The number of benzene rings is 1. The van der Waals surface area contributed by atoms with Crippen LogP contribution < -0.4 is 5.73 Å². The van der Waals surface area contributed by atoms with Crippen LogP contribution in [0.4, 0.5) is 4.39 Å². The molecule has 1 aliphatic heterocycles. The average Bonchev–Trinajstić information content (AvgIpc) is 3.31. The van der Waals surface area contributed by atoms with Gasteiger partial charge in [-0.3, -0.25) is 4.79 Å². The van der Waals surface area contributed by atoms with E-state index in [2.05, 4.69) is 4.98 Å². The van der Waals surface area contributed by atoms with Crippen LogP contribution in [0, 0.1) is 17.7 Å². The van der Waals surface area contributed by atoms with Crippen molar-refractivity contribution in [3.05, 3.63) is 42.2 Å². The Bertz CT molecular complexity index is 782. The average molecular weight is 380 g/mol. The zero-order valence-corrected chi connectivity index (χ0v) is 15.3. The minimum absolute atomic E-state index is 0. The van der Waals surface area contributed by atoms with Crippen LogP contribution in [0.3, 0.4) is 0 Å². The van der Waals surface area contributed by atoms with E-state index in [0.717, 1.165) is 25.9 Å². The van der Waals surface area contributed by atoms with Crippen molar-refractivity contribution in [1.82, 2.24) is 9.88 Å². The standard InChI is InChI=1S/C19H22FN3O2.ClH/c20-15-4-2-1-3-13(15)17-9-22-18(25-17)7-8-19(24)23-10-12-5-6-16(21)14(12)11-23;/h1-4,9,12,14,16H,5-8,10-11,21H2;1H. The van der Waals surface area contributed by atoms with Gasteiger partial charge in [0.1, 0.15) is 5.82 Å². The van der Waals surface area contributed by atoms with E-state index in [1.807, 2.05) is 4.90 Å². The van der Waals surface area contributed by atoms with Gasteiger partial charge in [-0.15, -0.1) is 12.4 Å². The molecule has 0 radical (unpaired) electrons. The maximum absolute atomic E-state index is 13.8. The SMILES string of the molecule is Cl.NC1CCC2CN(C(=O)CCc3ncc(-c4ccccc4F)o3)CC12. The quantitative estimate of drug-likeness (QED) is 0.886. The van der Waals surface area contributed by atoms with Gasteiger partial charge in [-0.25, -0.2) is 9.37 Å². The van der Waals surface area contributed by atoms with Crippen LogP contribution in [-0.4, -0.2) is 34.9 Å². The van der Waals surface area contributed by atoms with Crippen LogP contribution in [0.5, 0.6) is 0 Å². The molecule has 2 aliphatic rings. The third-order valence-corrected chi connectivity index (χ3v) is 5.51. The molecular weight excluding hydrogens is 357 g/mol. The number of hydrogen-bond acceptors (Lipinski definition) is 4. The Balaban J connectivity index is 0.00000196. The van der Waals surface area contributed by atoms with Crippen molar-refractivity contribution < 1.29 is 13.6 Å². The third-order valence-electron chi connectivity index (χ3n) is 5.51. The van der Waals surface area contributed by atoms with Gasteiger partial charge in [0.2, 0.25) is 5.91 Å². The molecule has 3 unspecified atom stereocenters. The molecule has 1 aromatic heterocycles. The van der Waals surface area contributed by atoms with Crippen LogP contribution in [0.2, 0.25) is 0 Å². The van der Waals surface area contributed by atoms with Crippen LogP contribution in [0.25, 0.3) is 11.3 Å². The highest BCUT2D eigenvalue weighted by atomic mass is 35.5. The van der Waals surface area contributed by atoms with Gasteiger partial charge in [0.05, 0.1) is 11.8 Å². The fraction of sp³-hybridized carbons (Fsp3) is 0.474. The summed E-state index contributed by atoms with van der Waals surface area (Å²) in [5.74, 6) is 1.64. The highest BCUT2D eigenvalue weighted by molar-refractivity contribution is 5.85. The van der Waals surface area contributed by atoms with Gasteiger partial charge < -0.3 is 15.1 Å². The Morgan fingerprint density at radius 1 is 1.31 bits per heavy atom. The summed E-state index contributed by atoms with van der Waals surface area (Å²) < 4.78 is 19.4. The highest BCUT2D eigenvalue weighted by Crippen LogP contribution is 2.37. The lowest BCUT2D eigenvalue weighted by atomic mass is 9.98.